The van der Waals surface area contributed by atoms with Gasteiger partial charge in [-0.1, -0.05) is 12.1 Å². The van der Waals surface area contributed by atoms with Gasteiger partial charge in [0.25, 0.3) is 0 Å². The molecule has 26 heavy (non-hydrogen) atoms. The Balaban J connectivity index is 1.69. The molecule has 0 bridgehead atoms. The van der Waals surface area contributed by atoms with Crippen molar-refractivity contribution in [3.8, 4) is 0 Å². The fourth-order valence-corrected chi connectivity index (χ4v) is 3.19. The molecule has 3 rings (SSSR count). The summed E-state index contributed by atoms with van der Waals surface area (Å²) in [5.74, 6) is 1.62. The first-order chi connectivity index (χ1) is 12.7. The zero-order valence-electron chi connectivity index (χ0n) is 16.0. The zero-order valence-corrected chi connectivity index (χ0v) is 16.0. The molecule has 0 radical (unpaired) electrons. The van der Waals surface area contributed by atoms with Crippen molar-refractivity contribution in [2.45, 2.75) is 20.8 Å². The van der Waals surface area contributed by atoms with Crippen LogP contribution in [0.4, 0.5) is 17.5 Å². The molecule has 1 aromatic carbocycles. The van der Waals surface area contributed by atoms with E-state index in [1.54, 1.807) is 0 Å². The van der Waals surface area contributed by atoms with Gasteiger partial charge in [0.15, 0.2) is 0 Å². The highest BCUT2D eigenvalue weighted by molar-refractivity contribution is 5.61. The summed E-state index contributed by atoms with van der Waals surface area (Å²) in [5.41, 5.74) is 3.37. The van der Waals surface area contributed by atoms with Gasteiger partial charge < -0.3 is 15.0 Å². The molecule has 140 valence electrons. The topological polar surface area (TPSA) is 53.5 Å². The van der Waals surface area contributed by atoms with Crippen LogP contribution >= 0.6 is 0 Å². The number of rotatable bonds is 7. The van der Waals surface area contributed by atoms with Crippen LogP contribution in [0.25, 0.3) is 0 Å². The van der Waals surface area contributed by atoms with E-state index in [0.29, 0.717) is 5.95 Å². The molecule has 0 atom stereocenters. The summed E-state index contributed by atoms with van der Waals surface area (Å²) in [4.78, 5) is 13.9. The normalized spacial score (nSPS) is 15.0. The number of benzene rings is 1. The molecule has 0 unspecified atom stereocenters. The fraction of sp³-hybridized carbons (Fsp3) is 0.500. The van der Waals surface area contributed by atoms with Crippen LogP contribution in [0.3, 0.4) is 0 Å². The summed E-state index contributed by atoms with van der Waals surface area (Å²) in [5, 5.41) is 3.38. The quantitative estimate of drug-likeness (QED) is 0.824. The highest BCUT2D eigenvalue weighted by atomic mass is 16.5. The summed E-state index contributed by atoms with van der Waals surface area (Å²) >= 11 is 0. The van der Waals surface area contributed by atoms with E-state index in [9.17, 15) is 0 Å². The second kappa shape index (κ2) is 8.96. The molecule has 1 aliphatic heterocycles. The minimum atomic E-state index is 0.694. The van der Waals surface area contributed by atoms with Crippen LogP contribution in [0, 0.1) is 13.8 Å². The minimum absolute atomic E-state index is 0.694. The Kier molecular flexibility index (Phi) is 6.41. The number of anilines is 3. The van der Waals surface area contributed by atoms with Crippen molar-refractivity contribution < 1.29 is 4.74 Å². The maximum absolute atomic E-state index is 5.39. The zero-order chi connectivity index (χ0) is 18.4. The Morgan fingerprint density at radius 2 is 1.96 bits per heavy atom. The van der Waals surface area contributed by atoms with Crippen LogP contribution in [0.5, 0.6) is 0 Å². The maximum Gasteiger partial charge on any atom is 0.224 e. The standard InChI is InChI=1S/C20H29N5O/c1-4-25(18-7-5-6-16(2)14-18)19-15-17(3)22-20(23-19)21-8-9-24-10-12-26-13-11-24/h5-7,14-15H,4,8-13H2,1-3H3,(H,21,22,23). The smallest absolute Gasteiger partial charge is 0.224 e. The summed E-state index contributed by atoms with van der Waals surface area (Å²) in [6.07, 6.45) is 0. The number of ether oxygens (including phenoxy) is 1. The van der Waals surface area contributed by atoms with E-state index < -0.39 is 0 Å². The molecule has 1 saturated heterocycles. The van der Waals surface area contributed by atoms with E-state index in [1.165, 1.54) is 5.56 Å². The van der Waals surface area contributed by atoms with Gasteiger partial charge in [-0.05, 0) is 38.5 Å². The third kappa shape index (κ3) is 4.93. The van der Waals surface area contributed by atoms with E-state index in [4.69, 9.17) is 9.72 Å². The van der Waals surface area contributed by atoms with Crippen LogP contribution in [0.2, 0.25) is 0 Å². The molecule has 1 N–H and O–H groups in total. The minimum Gasteiger partial charge on any atom is -0.379 e. The average Bonchev–Trinajstić information content (AvgIpc) is 2.63. The highest BCUT2D eigenvalue weighted by Gasteiger charge is 2.13. The van der Waals surface area contributed by atoms with Crippen molar-refractivity contribution in [1.29, 1.82) is 0 Å². The third-order valence-electron chi connectivity index (χ3n) is 4.56. The van der Waals surface area contributed by atoms with Crippen LogP contribution < -0.4 is 10.2 Å². The third-order valence-corrected chi connectivity index (χ3v) is 4.56. The molecule has 2 aromatic rings. The van der Waals surface area contributed by atoms with Gasteiger partial charge in [-0.15, -0.1) is 0 Å². The molecule has 2 heterocycles. The van der Waals surface area contributed by atoms with Gasteiger partial charge in [0.2, 0.25) is 5.95 Å². The van der Waals surface area contributed by atoms with Gasteiger partial charge >= 0.3 is 0 Å². The summed E-state index contributed by atoms with van der Waals surface area (Å²) in [7, 11) is 0. The van der Waals surface area contributed by atoms with Gasteiger partial charge in [0, 0.05) is 50.2 Å². The second-order valence-electron chi connectivity index (χ2n) is 6.66. The molecule has 0 spiro atoms. The van der Waals surface area contributed by atoms with E-state index in [0.717, 1.165) is 63.1 Å². The van der Waals surface area contributed by atoms with E-state index in [-0.39, 0.29) is 0 Å². The second-order valence-corrected chi connectivity index (χ2v) is 6.66. The first-order valence-electron chi connectivity index (χ1n) is 9.39. The molecule has 6 heteroatoms. The molecule has 1 fully saturated rings. The summed E-state index contributed by atoms with van der Waals surface area (Å²) < 4.78 is 5.39. The molecule has 6 nitrogen and oxygen atoms in total. The Labute approximate surface area is 156 Å². The van der Waals surface area contributed by atoms with Crippen molar-refractivity contribution >= 4 is 17.5 Å². The number of nitrogens with one attached hydrogen (secondary N) is 1. The summed E-state index contributed by atoms with van der Waals surface area (Å²) in [6, 6.07) is 10.6. The van der Waals surface area contributed by atoms with E-state index in [1.807, 2.05) is 13.0 Å². The predicted octanol–water partition coefficient (Wildman–Crippen LogP) is 3.00. The largest absolute Gasteiger partial charge is 0.379 e. The number of nitrogens with zero attached hydrogens (tertiary/aromatic N) is 4. The monoisotopic (exact) mass is 355 g/mol. The lowest BCUT2D eigenvalue weighted by Gasteiger charge is -2.26. The molecular weight excluding hydrogens is 326 g/mol. The SMILES string of the molecule is CCN(c1cccc(C)c1)c1cc(C)nc(NCCN2CCOCC2)n1. The van der Waals surface area contributed by atoms with Crippen molar-refractivity contribution in [3.63, 3.8) is 0 Å². The highest BCUT2D eigenvalue weighted by Crippen LogP contribution is 2.25. The molecule has 1 aliphatic rings. The molecule has 0 saturated carbocycles. The van der Waals surface area contributed by atoms with Gasteiger partial charge in [0.1, 0.15) is 5.82 Å². The van der Waals surface area contributed by atoms with Crippen LogP contribution in [-0.2, 0) is 4.74 Å². The van der Waals surface area contributed by atoms with E-state index >= 15 is 0 Å². The maximum atomic E-state index is 5.39. The Bertz CT molecular complexity index is 715. The van der Waals surface area contributed by atoms with E-state index in [2.05, 4.69) is 58.2 Å². The lowest BCUT2D eigenvalue weighted by molar-refractivity contribution is 0.0398. The Morgan fingerprint density at radius 1 is 1.15 bits per heavy atom. The van der Waals surface area contributed by atoms with Crippen molar-refractivity contribution in [3.05, 3.63) is 41.6 Å². The fourth-order valence-electron chi connectivity index (χ4n) is 3.19. The Morgan fingerprint density at radius 3 is 2.69 bits per heavy atom. The molecule has 1 aromatic heterocycles. The van der Waals surface area contributed by atoms with Crippen LogP contribution in [-0.4, -0.2) is 60.8 Å². The molecular formula is C20H29N5O. The van der Waals surface area contributed by atoms with Gasteiger partial charge in [-0.3, -0.25) is 4.90 Å². The first-order valence-corrected chi connectivity index (χ1v) is 9.39. The lowest BCUT2D eigenvalue weighted by Crippen LogP contribution is -2.39. The van der Waals surface area contributed by atoms with Gasteiger partial charge in [0.05, 0.1) is 13.2 Å². The van der Waals surface area contributed by atoms with Gasteiger partial charge in [-0.2, -0.15) is 4.98 Å². The molecule has 0 amide bonds. The predicted molar refractivity (Wildman–Crippen MR) is 106 cm³/mol. The van der Waals surface area contributed by atoms with Crippen molar-refractivity contribution in [2.24, 2.45) is 0 Å². The Hall–Kier alpha value is -2.18. The average molecular weight is 355 g/mol. The first kappa shape index (κ1) is 18.6. The van der Waals surface area contributed by atoms with Crippen LogP contribution in [0.1, 0.15) is 18.2 Å². The van der Waals surface area contributed by atoms with Crippen LogP contribution in [0.15, 0.2) is 30.3 Å². The number of aryl methyl sites for hydroxylation is 2. The van der Waals surface area contributed by atoms with Gasteiger partial charge in [-0.25, -0.2) is 4.98 Å². The number of morpholine rings is 1. The number of hydrogen-bond donors (Lipinski definition) is 1. The number of hydrogen-bond acceptors (Lipinski definition) is 6. The molecule has 0 aliphatic carbocycles. The lowest BCUT2D eigenvalue weighted by atomic mass is 10.2. The van der Waals surface area contributed by atoms with Crippen molar-refractivity contribution in [1.82, 2.24) is 14.9 Å². The van der Waals surface area contributed by atoms with Crippen molar-refractivity contribution in [2.75, 3.05) is 56.2 Å². The summed E-state index contributed by atoms with van der Waals surface area (Å²) in [6.45, 7) is 12.6. The number of aromatic nitrogens is 2.